The molecule has 3 rings (SSSR count). The molecular weight excluding hydrogens is 496 g/mol. The van der Waals surface area contributed by atoms with E-state index in [1.165, 1.54) is 44.9 Å². The Hall–Kier alpha value is -3.40. The van der Waals surface area contributed by atoms with Crippen LogP contribution in [0.4, 0.5) is 0 Å². The fraction of sp³-hybridized carbons (Fsp3) is 0.444. The van der Waals surface area contributed by atoms with Gasteiger partial charge in [-0.25, -0.2) is 9.59 Å². The summed E-state index contributed by atoms with van der Waals surface area (Å²) >= 11 is 0. The lowest BCUT2D eigenvalue weighted by Crippen LogP contribution is -2.11. The molecule has 0 atom stereocenters. The van der Waals surface area contributed by atoms with Gasteiger partial charge in [0.15, 0.2) is 0 Å². The smallest absolute Gasteiger partial charge is 0.336 e. The van der Waals surface area contributed by atoms with E-state index in [2.05, 4.69) is 32.0 Å². The van der Waals surface area contributed by atoms with Gasteiger partial charge in [-0.2, -0.15) is 0 Å². The second-order valence-corrected chi connectivity index (χ2v) is 10.9. The van der Waals surface area contributed by atoms with Gasteiger partial charge in [0, 0.05) is 0 Å². The molecule has 0 heterocycles. The van der Waals surface area contributed by atoms with Crippen LogP contribution in [0.25, 0.3) is 22.3 Å². The molecule has 0 spiro atoms. The maximum absolute atomic E-state index is 12.9. The summed E-state index contributed by atoms with van der Waals surface area (Å²) in [6.45, 7) is 4.42. The summed E-state index contributed by atoms with van der Waals surface area (Å²) in [7, 11) is 0. The van der Waals surface area contributed by atoms with Crippen molar-refractivity contribution in [3.8, 4) is 22.3 Å². The predicted octanol–water partition coefficient (Wildman–Crippen LogP) is 10.2. The standard InChI is InChI=1S/C36H46O4/c1-3-5-7-9-11-14-20-30-26-32(27-18-15-13-16-19-27)33(28-22-24-29(25-23-28)35(37)38)31(34(30)36(39)40)21-17-12-10-8-6-4-2/h13,15-16,18-19,22-26H,3-12,14,17,20-21H2,1-2H3,(H,37,38)(H,39,40). The molecule has 0 fully saturated rings. The van der Waals surface area contributed by atoms with E-state index >= 15 is 0 Å². The third-order valence-corrected chi connectivity index (χ3v) is 7.81. The Morgan fingerprint density at radius 1 is 0.600 bits per heavy atom. The first-order valence-corrected chi connectivity index (χ1v) is 15.3. The second-order valence-electron chi connectivity index (χ2n) is 10.9. The van der Waals surface area contributed by atoms with Gasteiger partial charge in [0.1, 0.15) is 0 Å². The zero-order chi connectivity index (χ0) is 28.7. The van der Waals surface area contributed by atoms with Crippen LogP contribution in [-0.2, 0) is 12.8 Å². The van der Waals surface area contributed by atoms with Crippen LogP contribution in [0.15, 0.2) is 60.7 Å². The van der Waals surface area contributed by atoms with E-state index in [-0.39, 0.29) is 5.56 Å². The molecule has 0 aromatic heterocycles. The minimum absolute atomic E-state index is 0.223. The van der Waals surface area contributed by atoms with Gasteiger partial charge in [0.25, 0.3) is 0 Å². The number of rotatable bonds is 18. The maximum Gasteiger partial charge on any atom is 0.336 e. The topological polar surface area (TPSA) is 74.6 Å². The van der Waals surface area contributed by atoms with E-state index in [1.54, 1.807) is 12.1 Å². The Kier molecular flexibility index (Phi) is 13.0. The van der Waals surface area contributed by atoms with E-state index in [1.807, 2.05) is 30.3 Å². The largest absolute Gasteiger partial charge is 0.478 e. The molecule has 4 heteroatoms. The van der Waals surface area contributed by atoms with Crippen molar-refractivity contribution in [2.45, 2.75) is 104 Å². The highest BCUT2D eigenvalue weighted by Crippen LogP contribution is 2.40. The average Bonchev–Trinajstić information content (AvgIpc) is 2.96. The molecular formula is C36H46O4. The first-order valence-electron chi connectivity index (χ1n) is 15.3. The van der Waals surface area contributed by atoms with Gasteiger partial charge in [0.05, 0.1) is 11.1 Å². The number of carbonyl (C=O) groups is 2. The summed E-state index contributed by atoms with van der Waals surface area (Å²) in [5.41, 5.74) is 6.31. The minimum Gasteiger partial charge on any atom is -0.478 e. The molecule has 0 radical (unpaired) electrons. The molecule has 3 aromatic rings. The number of hydrogen-bond donors (Lipinski definition) is 2. The number of benzene rings is 3. The molecule has 0 aliphatic heterocycles. The van der Waals surface area contributed by atoms with Crippen molar-refractivity contribution in [2.75, 3.05) is 0 Å². The third kappa shape index (κ3) is 8.81. The number of aryl methyl sites for hydroxylation is 1. The van der Waals surface area contributed by atoms with Crippen molar-refractivity contribution in [3.05, 3.63) is 82.9 Å². The fourth-order valence-electron chi connectivity index (χ4n) is 5.65. The molecule has 2 N–H and O–H groups in total. The number of carboxylic acids is 2. The Labute approximate surface area is 240 Å². The molecule has 0 bridgehead atoms. The molecule has 3 aromatic carbocycles. The van der Waals surface area contributed by atoms with Gasteiger partial charge >= 0.3 is 11.9 Å². The SMILES string of the molecule is CCCCCCCCc1cc(-c2ccccc2)c(-c2ccc(C(=O)O)cc2)c(CCCCCCCC)c1C(=O)O. The van der Waals surface area contributed by atoms with Crippen LogP contribution in [-0.4, -0.2) is 22.2 Å². The molecule has 0 amide bonds. The van der Waals surface area contributed by atoms with E-state index in [9.17, 15) is 19.8 Å². The Morgan fingerprint density at radius 3 is 1.70 bits per heavy atom. The zero-order valence-electron chi connectivity index (χ0n) is 24.4. The van der Waals surface area contributed by atoms with Gasteiger partial charge in [0.2, 0.25) is 0 Å². The molecule has 0 unspecified atom stereocenters. The van der Waals surface area contributed by atoms with E-state index in [0.29, 0.717) is 12.0 Å². The van der Waals surface area contributed by atoms with Crippen LogP contribution in [0.1, 0.15) is 123 Å². The first kappa shape index (κ1) is 31.1. The van der Waals surface area contributed by atoms with Crippen molar-refractivity contribution in [2.24, 2.45) is 0 Å². The highest BCUT2D eigenvalue weighted by Gasteiger charge is 2.24. The lowest BCUT2D eigenvalue weighted by Gasteiger charge is -2.22. The third-order valence-electron chi connectivity index (χ3n) is 7.81. The Balaban J connectivity index is 2.12. The summed E-state index contributed by atoms with van der Waals surface area (Å²) in [5, 5.41) is 20.0. The van der Waals surface area contributed by atoms with Crippen molar-refractivity contribution >= 4 is 11.9 Å². The van der Waals surface area contributed by atoms with Crippen molar-refractivity contribution in [3.63, 3.8) is 0 Å². The first-order chi connectivity index (χ1) is 19.5. The van der Waals surface area contributed by atoms with E-state index < -0.39 is 11.9 Å². The predicted molar refractivity (Wildman–Crippen MR) is 165 cm³/mol. The summed E-state index contributed by atoms with van der Waals surface area (Å²) in [4.78, 5) is 24.4. The van der Waals surface area contributed by atoms with Crippen LogP contribution in [0.3, 0.4) is 0 Å². The van der Waals surface area contributed by atoms with Crippen LogP contribution in [0.2, 0.25) is 0 Å². The Bertz CT molecular complexity index is 1210. The van der Waals surface area contributed by atoms with Gasteiger partial charge in [-0.3, -0.25) is 0 Å². The van der Waals surface area contributed by atoms with Crippen LogP contribution >= 0.6 is 0 Å². The van der Waals surface area contributed by atoms with Crippen molar-refractivity contribution in [1.82, 2.24) is 0 Å². The second kappa shape index (κ2) is 16.6. The highest BCUT2D eigenvalue weighted by atomic mass is 16.4. The van der Waals surface area contributed by atoms with Gasteiger partial charge in [-0.05, 0) is 77.3 Å². The minimum atomic E-state index is -0.970. The molecule has 0 saturated carbocycles. The molecule has 0 saturated heterocycles. The summed E-state index contributed by atoms with van der Waals surface area (Å²) in [6.07, 6.45) is 15.2. The molecule has 214 valence electrons. The average molecular weight is 543 g/mol. The van der Waals surface area contributed by atoms with Crippen LogP contribution in [0.5, 0.6) is 0 Å². The Morgan fingerprint density at radius 2 is 1.15 bits per heavy atom. The number of carboxylic acid groups (broad SMARTS) is 2. The number of unbranched alkanes of at least 4 members (excludes halogenated alkanes) is 10. The lowest BCUT2D eigenvalue weighted by molar-refractivity contribution is 0.0685. The van der Waals surface area contributed by atoms with Crippen LogP contribution in [0, 0.1) is 0 Å². The number of hydrogen-bond acceptors (Lipinski definition) is 2. The summed E-state index contributed by atoms with van der Waals surface area (Å²) in [5.74, 6) is -1.84. The molecule has 0 aliphatic carbocycles. The summed E-state index contributed by atoms with van der Waals surface area (Å²) in [6, 6.07) is 19.2. The van der Waals surface area contributed by atoms with Gasteiger partial charge < -0.3 is 10.2 Å². The van der Waals surface area contributed by atoms with Crippen molar-refractivity contribution < 1.29 is 19.8 Å². The van der Waals surface area contributed by atoms with E-state index in [0.717, 1.165) is 71.9 Å². The maximum atomic E-state index is 12.9. The zero-order valence-corrected chi connectivity index (χ0v) is 24.4. The van der Waals surface area contributed by atoms with Crippen LogP contribution < -0.4 is 0 Å². The number of aromatic carboxylic acids is 2. The molecule has 4 nitrogen and oxygen atoms in total. The van der Waals surface area contributed by atoms with E-state index in [4.69, 9.17) is 0 Å². The quantitative estimate of drug-likeness (QED) is 0.157. The highest BCUT2D eigenvalue weighted by molar-refractivity contribution is 5.98. The fourth-order valence-corrected chi connectivity index (χ4v) is 5.65. The monoisotopic (exact) mass is 542 g/mol. The summed E-state index contributed by atoms with van der Waals surface area (Å²) < 4.78 is 0. The normalized spacial score (nSPS) is 11.1. The van der Waals surface area contributed by atoms with Gasteiger partial charge in [-0.1, -0.05) is 121 Å². The van der Waals surface area contributed by atoms with Gasteiger partial charge in [-0.15, -0.1) is 0 Å². The lowest BCUT2D eigenvalue weighted by atomic mass is 9.82. The molecule has 0 aliphatic rings. The molecule has 40 heavy (non-hydrogen) atoms. The van der Waals surface area contributed by atoms with Crippen molar-refractivity contribution in [1.29, 1.82) is 0 Å².